The van der Waals surface area contributed by atoms with Gasteiger partial charge in [-0.15, -0.1) is 0 Å². The van der Waals surface area contributed by atoms with E-state index < -0.39 is 0 Å². The smallest absolute Gasteiger partial charge is 0.317 e. The van der Waals surface area contributed by atoms with Crippen LogP contribution in [0.3, 0.4) is 0 Å². The molecule has 2 amide bonds. The van der Waals surface area contributed by atoms with Gasteiger partial charge in [0.15, 0.2) is 0 Å². The van der Waals surface area contributed by atoms with Crippen LogP contribution in [0.4, 0.5) is 10.5 Å². The largest absolute Gasteiger partial charge is 0.367 e. The topological polar surface area (TPSA) is 47.6 Å². The zero-order chi connectivity index (χ0) is 14.8. The van der Waals surface area contributed by atoms with E-state index in [1.165, 1.54) is 11.3 Å². The van der Waals surface area contributed by atoms with Crippen LogP contribution in [0.2, 0.25) is 0 Å². The molecule has 2 aliphatic rings. The lowest BCUT2D eigenvalue weighted by molar-refractivity contribution is 0.197. The molecule has 2 heterocycles. The Labute approximate surface area is 133 Å². The first-order chi connectivity index (χ1) is 10.2. The molecule has 0 saturated carbocycles. The maximum absolute atomic E-state index is 11.7. The number of hydrogen-bond acceptors (Lipinski definition) is 3. The highest BCUT2D eigenvalue weighted by Gasteiger charge is 2.35. The monoisotopic (exact) mass is 352 g/mol. The number of anilines is 1. The highest BCUT2D eigenvalue weighted by atomic mass is 79.9. The number of carbonyl (C=O) groups is 1. The third kappa shape index (κ3) is 3.01. The van der Waals surface area contributed by atoms with E-state index in [-0.39, 0.29) is 12.1 Å². The molecule has 6 heteroatoms. The Morgan fingerprint density at radius 1 is 1.43 bits per heavy atom. The van der Waals surface area contributed by atoms with Crippen LogP contribution in [-0.2, 0) is 6.54 Å². The van der Waals surface area contributed by atoms with Crippen LogP contribution in [0.1, 0.15) is 12.5 Å². The first kappa shape index (κ1) is 14.7. The number of carbonyl (C=O) groups excluding carboxylic acids is 1. The second-order valence-corrected chi connectivity index (χ2v) is 6.45. The van der Waals surface area contributed by atoms with Crippen molar-refractivity contribution in [3.8, 4) is 0 Å². The van der Waals surface area contributed by atoms with Crippen molar-refractivity contribution in [1.82, 2.24) is 15.5 Å². The van der Waals surface area contributed by atoms with Gasteiger partial charge in [0.05, 0.1) is 6.04 Å². The fraction of sp³-hybridized carbons (Fsp3) is 0.533. The molecule has 2 aliphatic heterocycles. The Kier molecular flexibility index (Phi) is 4.35. The summed E-state index contributed by atoms with van der Waals surface area (Å²) in [4.78, 5) is 16.1. The third-order valence-electron chi connectivity index (χ3n) is 4.19. The van der Waals surface area contributed by atoms with Crippen LogP contribution in [0.25, 0.3) is 0 Å². The molecule has 2 saturated heterocycles. The Bertz CT molecular complexity index is 536. The van der Waals surface area contributed by atoms with Gasteiger partial charge in [-0.2, -0.15) is 0 Å². The van der Waals surface area contributed by atoms with E-state index >= 15 is 0 Å². The van der Waals surface area contributed by atoms with E-state index in [0.29, 0.717) is 0 Å². The lowest BCUT2D eigenvalue weighted by Crippen LogP contribution is -2.52. The number of piperazine rings is 1. The van der Waals surface area contributed by atoms with Crippen molar-refractivity contribution in [2.24, 2.45) is 0 Å². The van der Waals surface area contributed by atoms with E-state index in [0.717, 1.165) is 43.7 Å². The average molecular weight is 353 g/mol. The quantitative estimate of drug-likeness (QED) is 0.868. The Morgan fingerprint density at radius 2 is 2.29 bits per heavy atom. The number of nitrogens with zero attached hydrogens (tertiary/aromatic N) is 2. The molecule has 1 aromatic carbocycles. The summed E-state index contributed by atoms with van der Waals surface area (Å²) in [6.07, 6.45) is 0. The number of rotatable bonds is 4. The normalized spacial score (nSPS) is 21.4. The minimum atomic E-state index is 0.0850. The Morgan fingerprint density at radius 3 is 3.10 bits per heavy atom. The molecule has 114 valence electrons. The average Bonchev–Trinajstić information content (AvgIpc) is 2.87. The van der Waals surface area contributed by atoms with Gasteiger partial charge in [0.2, 0.25) is 0 Å². The van der Waals surface area contributed by atoms with Crippen LogP contribution >= 0.6 is 15.9 Å². The summed E-state index contributed by atoms with van der Waals surface area (Å²) in [6.45, 7) is 7.29. The number of urea groups is 1. The van der Waals surface area contributed by atoms with Crippen molar-refractivity contribution in [3.63, 3.8) is 0 Å². The van der Waals surface area contributed by atoms with Crippen molar-refractivity contribution >= 4 is 27.6 Å². The minimum absolute atomic E-state index is 0.0850. The highest BCUT2D eigenvalue weighted by Crippen LogP contribution is 2.28. The standard InChI is InChI=1S/C15H21BrN4O/c1-2-17-8-11-3-4-12(16)7-14(11)19-5-6-20-13(10-19)9-18-15(20)21/h3-4,7,13,17H,2,5-6,8-10H2,1H3,(H,18,21). The predicted molar refractivity (Wildman–Crippen MR) is 87.6 cm³/mol. The lowest BCUT2D eigenvalue weighted by Gasteiger charge is -2.38. The number of nitrogens with one attached hydrogen (secondary N) is 2. The van der Waals surface area contributed by atoms with Gasteiger partial charge in [-0.1, -0.05) is 28.9 Å². The van der Waals surface area contributed by atoms with Crippen LogP contribution in [-0.4, -0.2) is 49.7 Å². The molecule has 2 fully saturated rings. The van der Waals surface area contributed by atoms with E-state index in [1.807, 2.05) is 4.90 Å². The van der Waals surface area contributed by atoms with Gasteiger partial charge in [-0.3, -0.25) is 0 Å². The molecule has 3 rings (SSSR count). The summed E-state index contributed by atoms with van der Waals surface area (Å²) >= 11 is 3.57. The summed E-state index contributed by atoms with van der Waals surface area (Å²) in [5.74, 6) is 0. The SMILES string of the molecule is CCNCc1ccc(Br)cc1N1CCN2C(=O)NCC2C1. The number of fused-ring (bicyclic) bond motifs is 1. The van der Waals surface area contributed by atoms with Crippen molar-refractivity contribution in [2.45, 2.75) is 19.5 Å². The highest BCUT2D eigenvalue weighted by molar-refractivity contribution is 9.10. The van der Waals surface area contributed by atoms with Gasteiger partial charge in [-0.25, -0.2) is 4.79 Å². The number of amides is 2. The fourth-order valence-electron chi connectivity index (χ4n) is 3.06. The van der Waals surface area contributed by atoms with Gasteiger partial charge in [0.1, 0.15) is 0 Å². The minimum Gasteiger partial charge on any atom is -0.367 e. The summed E-state index contributed by atoms with van der Waals surface area (Å²) in [5.41, 5.74) is 2.58. The fourth-order valence-corrected chi connectivity index (χ4v) is 3.41. The van der Waals surface area contributed by atoms with Crippen LogP contribution < -0.4 is 15.5 Å². The molecule has 5 nitrogen and oxygen atoms in total. The second kappa shape index (κ2) is 6.23. The van der Waals surface area contributed by atoms with Crippen molar-refractivity contribution in [1.29, 1.82) is 0 Å². The summed E-state index contributed by atoms with van der Waals surface area (Å²) in [7, 11) is 0. The molecule has 0 aromatic heterocycles. The van der Waals surface area contributed by atoms with Crippen molar-refractivity contribution in [2.75, 3.05) is 37.6 Å². The van der Waals surface area contributed by atoms with E-state index in [1.54, 1.807) is 0 Å². The second-order valence-electron chi connectivity index (χ2n) is 5.53. The molecule has 0 spiro atoms. The van der Waals surface area contributed by atoms with Crippen LogP contribution in [0.5, 0.6) is 0 Å². The van der Waals surface area contributed by atoms with Gasteiger partial charge >= 0.3 is 6.03 Å². The Hall–Kier alpha value is -1.27. The molecule has 2 N–H and O–H groups in total. The molecule has 1 aromatic rings. The maximum atomic E-state index is 11.7. The summed E-state index contributed by atoms with van der Waals surface area (Å²) < 4.78 is 1.10. The first-order valence-corrected chi connectivity index (χ1v) is 8.27. The molecular weight excluding hydrogens is 332 g/mol. The van der Waals surface area contributed by atoms with Gasteiger partial charge in [0, 0.05) is 42.9 Å². The number of halogens is 1. The maximum Gasteiger partial charge on any atom is 0.317 e. The van der Waals surface area contributed by atoms with E-state index in [9.17, 15) is 4.79 Å². The summed E-state index contributed by atoms with van der Waals surface area (Å²) in [6, 6.07) is 6.82. The number of benzene rings is 1. The molecule has 0 aliphatic carbocycles. The molecule has 0 bridgehead atoms. The Balaban J connectivity index is 1.80. The van der Waals surface area contributed by atoms with Gasteiger partial charge in [0.25, 0.3) is 0 Å². The number of hydrogen-bond donors (Lipinski definition) is 2. The molecular formula is C15H21BrN4O. The zero-order valence-electron chi connectivity index (χ0n) is 12.2. The van der Waals surface area contributed by atoms with E-state index in [4.69, 9.17) is 0 Å². The zero-order valence-corrected chi connectivity index (χ0v) is 13.8. The van der Waals surface area contributed by atoms with Crippen molar-refractivity contribution in [3.05, 3.63) is 28.2 Å². The molecule has 0 radical (unpaired) electrons. The lowest BCUT2D eigenvalue weighted by atomic mass is 10.1. The third-order valence-corrected chi connectivity index (χ3v) is 4.68. The van der Waals surface area contributed by atoms with Crippen LogP contribution in [0, 0.1) is 0 Å². The summed E-state index contributed by atoms with van der Waals surface area (Å²) in [5, 5.41) is 6.33. The molecule has 1 unspecified atom stereocenters. The van der Waals surface area contributed by atoms with Gasteiger partial charge in [-0.05, 0) is 24.2 Å². The van der Waals surface area contributed by atoms with E-state index in [2.05, 4.69) is 56.6 Å². The molecule has 21 heavy (non-hydrogen) atoms. The molecule has 1 atom stereocenters. The van der Waals surface area contributed by atoms with Gasteiger partial charge < -0.3 is 20.4 Å². The van der Waals surface area contributed by atoms with Crippen molar-refractivity contribution < 1.29 is 4.79 Å². The van der Waals surface area contributed by atoms with Crippen LogP contribution in [0.15, 0.2) is 22.7 Å². The first-order valence-electron chi connectivity index (χ1n) is 7.47. The predicted octanol–water partition coefficient (Wildman–Crippen LogP) is 1.77.